The lowest BCUT2D eigenvalue weighted by Gasteiger charge is -2.35. The van der Waals surface area contributed by atoms with Crippen LogP contribution in [0, 0.1) is 0 Å². The van der Waals surface area contributed by atoms with Crippen molar-refractivity contribution in [3.8, 4) is 0 Å². The van der Waals surface area contributed by atoms with E-state index in [1.165, 1.54) is 11.8 Å². The van der Waals surface area contributed by atoms with Crippen molar-refractivity contribution in [1.82, 2.24) is 14.7 Å². The first-order chi connectivity index (χ1) is 11.9. The molecule has 2 fully saturated rings. The average molecular weight is 353 g/mol. The van der Waals surface area contributed by atoms with E-state index in [1.807, 2.05) is 0 Å². The summed E-state index contributed by atoms with van der Waals surface area (Å²) in [6.07, 6.45) is 2.29. The number of hydrogen-bond donors (Lipinski definition) is 0. The van der Waals surface area contributed by atoms with Gasteiger partial charge >= 0.3 is 5.97 Å². The van der Waals surface area contributed by atoms with Crippen molar-refractivity contribution in [1.29, 1.82) is 0 Å². The normalized spacial score (nSPS) is 20.1. The summed E-state index contributed by atoms with van der Waals surface area (Å²) in [5.74, 6) is -0.861. The standard InChI is InChI=1S/C17H27N3O5/c1-13(17(24)19-10-8-18(9-11-19)14(2)21)25-16(23)12-20-7-5-3-4-6-15(20)22/h13H,3-12H2,1-2H3. The van der Waals surface area contributed by atoms with Gasteiger partial charge in [0.25, 0.3) is 5.91 Å². The van der Waals surface area contributed by atoms with Crippen LogP contribution < -0.4 is 0 Å². The van der Waals surface area contributed by atoms with Gasteiger partial charge in [0.15, 0.2) is 6.10 Å². The number of hydrogen-bond acceptors (Lipinski definition) is 5. The van der Waals surface area contributed by atoms with E-state index < -0.39 is 12.1 Å². The fourth-order valence-corrected chi connectivity index (χ4v) is 3.15. The molecule has 25 heavy (non-hydrogen) atoms. The Morgan fingerprint density at radius 3 is 2.28 bits per heavy atom. The zero-order valence-electron chi connectivity index (χ0n) is 15.0. The topological polar surface area (TPSA) is 87.2 Å². The molecule has 0 aromatic carbocycles. The predicted molar refractivity (Wildman–Crippen MR) is 89.4 cm³/mol. The molecule has 2 heterocycles. The number of ether oxygens (including phenoxy) is 1. The van der Waals surface area contributed by atoms with Gasteiger partial charge in [-0.3, -0.25) is 19.2 Å². The second-order valence-electron chi connectivity index (χ2n) is 6.59. The number of carbonyl (C=O) groups is 4. The smallest absolute Gasteiger partial charge is 0.326 e. The van der Waals surface area contributed by atoms with Crippen molar-refractivity contribution >= 4 is 23.7 Å². The van der Waals surface area contributed by atoms with Crippen molar-refractivity contribution < 1.29 is 23.9 Å². The lowest BCUT2D eigenvalue weighted by atomic mass is 10.2. The molecule has 8 heteroatoms. The monoisotopic (exact) mass is 353 g/mol. The molecule has 0 bridgehead atoms. The maximum absolute atomic E-state index is 12.4. The third kappa shape index (κ3) is 5.44. The molecule has 0 aromatic heterocycles. The van der Waals surface area contributed by atoms with Crippen molar-refractivity contribution in [2.24, 2.45) is 0 Å². The second-order valence-corrected chi connectivity index (χ2v) is 6.59. The molecule has 3 amide bonds. The van der Waals surface area contributed by atoms with E-state index in [0.29, 0.717) is 39.1 Å². The quantitative estimate of drug-likeness (QED) is 0.665. The molecule has 2 aliphatic rings. The third-order valence-electron chi connectivity index (χ3n) is 4.68. The highest BCUT2D eigenvalue weighted by Crippen LogP contribution is 2.12. The van der Waals surface area contributed by atoms with Gasteiger partial charge in [-0.05, 0) is 19.8 Å². The molecule has 0 radical (unpaired) electrons. The van der Waals surface area contributed by atoms with Crippen LogP contribution in [-0.4, -0.2) is 83.8 Å². The molecular formula is C17H27N3O5. The van der Waals surface area contributed by atoms with Gasteiger partial charge in [-0.2, -0.15) is 0 Å². The summed E-state index contributed by atoms with van der Waals surface area (Å²) >= 11 is 0. The van der Waals surface area contributed by atoms with Crippen LogP contribution in [0.25, 0.3) is 0 Å². The van der Waals surface area contributed by atoms with E-state index in [1.54, 1.807) is 16.7 Å². The summed E-state index contributed by atoms with van der Waals surface area (Å²) in [5.41, 5.74) is 0. The molecule has 0 aromatic rings. The molecule has 0 spiro atoms. The Morgan fingerprint density at radius 2 is 1.64 bits per heavy atom. The van der Waals surface area contributed by atoms with Crippen molar-refractivity contribution in [2.45, 2.75) is 45.6 Å². The summed E-state index contributed by atoms with van der Waals surface area (Å²) in [5, 5.41) is 0. The van der Waals surface area contributed by atoms with E-state index in [4.69, 9.17) is 4.74 Å². The first-order valence-corrected chi connectivity index (χ1v) is 8.90. The van der Waals surface area contributed by atoms with E-state index in [0.717, 1.165) is 19.3 Å². The average Bonchev–Trinajstić information content (AvgIpc) is 2.78. The van der Waals surface area contributed by atoms with Crippen molar-refractivity contribution in [3.63, 3.8) is 0 Å². The number of nitrogens with zero attached hydrogens (tertiary/aromatic N) is 3. The van der Waals surface area contributed by atoms with Crippen LogP contribution in [0.15, 0.2) is 0 Å². The molecular weight excluding hydrogens is 326 g/mol. The zero-order chi connectivity index (χ0) is 18.4. The Kier molecular flexibility index (Phi) is 6.78. The molecule has 0 saturated carbocycles. The van der Waals surface area contributed by atoms with Crippen LogP contribution in [-0.2, 0) is 23.9 Å². The van der Waals surface area contributed by atoms with E-state index in [9.17, 15) is 19.2 Å². The van der Waals surface area contributed by atoms with Gasteiger partial charge in [-0.1, -0.05) is 6.42 Å². The molecule has 140 valence electrons. The van der Waals surface area contributed by atoms with Crippen LogP contribution in [0.2, 0.25) is 0 Å². The molecule has 0 aliphatic carbocycles. The Bertz CT molecular complexity index is 528. The number of carbonyl (C=O) groups excluding carboxylic acids is 4. The summed E-state index contributed by atoms with van der Waals surface area (Å²) in [6, 6.07) is 0. The molecule has 0 N–H and O–H groups in total. The van der Waals surface area contributed by atoms with Crippen LogP contribution in [0.5, 0.6) is 0 Å². The molecule has 2 aliphatic heterocycles. The minimum atomic E-state index is -0.890. The minimum Gasteiger partial charge on any atom is -0.451 e. The summed E-state index contributed by atoms with van der Waals surface area (Å²) in [6.45, 7) is 5.36. The predicted octanol–water partition coefficient (Wildman–Crippen LogP) is 0.0114. The Labute approximate surface area is 148 Å². The Morgan fingerprint density at radius 1 is 1.00 bits per heavy atom. The van der Waals surface area contributed by atoms with Crippen LogP contribution in [0.3, 0.4) is 0 Å². The Balaban J connectivity index is 1.79. The maximum atomic E-state index is 12.4. The first-order valence-electron chi connectivity index (χ1n) is 8.90. The van der Waals surface area contributed by atoms with Gasteiger partial charge in [0.1, 0.15) is 6.54 Å². The highest BCUT2D eigenvalue weighted by atomic mass is 16.5. The van der Waals surface area contributed by atoms with Crippen molar-refractivity contribution in [3.05, 3.63) is 0 Å². The summed E-state index contributed by atoms with van der Waals surface area (Å²) in [7, 11) is 0. The number of piperazine rings is 1. The van der Waals surface area contributed by atoms with Gasteiger partial charge in [0, 0.05) is 46.1 Å². The molecule has 1 unspecified atom stereocenters. The van der Waals surface area contributed by atoms with Crippen LogP contribution >= 0.6 is 0 Å². The largest absolute Gasteiger partial charge is 0.451 e. The van der Waals surface area contributed by atoms with E-state index in [2.05, 4.69) is 0 Å². The van der Waals surface area contributed by atoms with Crippen LogP contribution in [0.1, 0.15) is 39.5 Å². The highest BCUT2D eigenvalue weighted by molar-refractivity contribution is 5.86. The van der Waals surface area contributed by atoms with Gasteiger partial charge in [-0.25, -0.2) is 0 Å². The van der Waals surface area contributed by atoms with Crippen LogP contribution in [0.4, 0.5) is 0 Å². The fraction of sp³-hybridized carbons (Fsp3) is 0.765. The summed E-state index contributed by atoms with van der Waals surface area (Å²) in [4.78, 5) is 52.5. The molecule has 1 atom stereocenters. The number of likely N-dealkylation sites (tertiary alicyclic amines) is 1. The van der Waals surface area contributed by atoms with Crippen molar-refractivity contribution in [2.75, 3.05) is 39.3 Å². The van der Waals surface area contributed by atoms with Gasteiger partial charge in [-0.15, -0.1) is 0 Å². The van der Waals surface area contributed by atoms with Gasteiger partial charge in [0.05, 0.1) is 0 Å². The van der Waals surface area contributed by atoms with Gasteiger partial charge < -0.3 is 19.4 Å². The van der Waals surface area contributed by atoms with E-state index >= 15 is 0 Å². The zero-order valence-corrected chi connectivity index (χ0v) is 15.0. The SMILES string of the molecule is CC(=O)N1CCN(C(=O)C(C)OC(=O)CN2CCCCCC2=O)CC1. The fourth-order valence-electron chi connectivity index (χ4n) is 3.15. The molecule has 8 nitrogen and oxygen atoms in total. The highest BCUT2D eigenvalue weighted by Gasteiger charge is 2.28. The number of esters is 1. The number of rotatable bonds is 4. The third-order valence-corrected chi connectivity index (χ3v) is 4.68. The lowest BCUT2D eigenvalue weighted by molar-refractivity contribution is -0.162. The Hall–Kier alpha value is -2.12. The van der Waals surface area contributed by atoms with E-state index in [-0.39, 0.29) is 24.3 Å². The molecule has 2 saturated heterocycles. The first kappa shape index (κ1) is 19.2. The second kappa shape index (κ2) is 8.82. The lowest BCUT2D eigenvalue weighted by Crippen LogP contribution is -2.52. The maximum Gasteiger partial charge on any atom is 0.326 e. The number of amides is 3. The molecule has 2 rings (SSSR count). The van der Waals surface area contributed by atoms with Gasteiger partial charge in [0.2, 0.25) is 11.8 Å². The summed E-state index contributed by atoms with van der Waals surface area (Å²) < 4.78 is 5.23. The minimum absolute atomic E-state index is 0.00584.